The summed E-state index contributed by atoms with van der Waals surface area (Å²) >= 11 is 0. The van der Waals surface area contributed by atoms with Crippen LogP contribution < -0.4 is 15.4 Å². The first-order valence-corrected chi connectivity index (χ1v) is 9.46. The van der Waals surface area contributed by atoms with E-state index in [0.717, 1.165) is 6.42 Å². The first kappa shape index (κ1) is 21.6. The van der Waals surface area contributed by atoms with E-state index in [2.05, 4.69) is 15.7 Å². The molecule has 0 fully saturated rings. The average molecular weight is 427 g/mol. The van der Waals surface area contributed by atoms with Gasteiger partial charge in [0, 0.05) is 25.7 Å². The number of hydrogen-bond acceptors (Lipinski definition) is 7. The number of carbonyl (C=O) groups excluding carboxylic acids is 2. The molecule has 0 saturated heterocycles. The number of aryl methyl sites for hydroxylation is 1. The van der Waals surface area contributed by atoms with Gasteiger partial charge >= 0.3 is 0 Å². The average Bonchev–Trinajstić information content (AvgIpc) is 3.37. The highest BCUT2D eigenvalue weighted by atomic mass is 16.6. The number of benzene rings is 1. The van der Waals surface area contributed by atoms with Crippen molar-refractivity contribution >= 4 is 23.2 Å². The summed E-state index contributed by atoms with van der Waals surface area (Å²) in [6.45, 7) is 2.47. The maximum atomic E-state index is 12.5. The van der Waals surface area contributed by atoms with Gasteiger partial charge in [-0.05, 0) is 30.7 Å². The second kappa shape index (κ2) is 9.57. The summed E-state index contributed by atoms with van der Waals surface area (Å²) in [7, 11) is 1.61. The molecule has 0 saturated carbocycles. The van der Waals surface area contributed by atoms with Gasteiger partial charge in [-0.1, -0.05) is 6.92 Å². The van der Waals surface area contributed by atoms with Crippen LogP contribution in [0.25, 0.3) is 0 Å². The molecule has 3 aromatic rings. The van der Waals surface area contributed by atoms with Gasteiger partial charge in [0.05, 0.1) is 16.8 Å². The van der Waals surface area contributed by atoms with Crippen LogP contribution in [-0.4, -0.2) is 33.1 Å². The van der Waals surface area contributed by atoms with Crippen LogP contribution in [0.1, 0.15) is 40.1 Å². The number of aromatic nitrogens is 2. The number of nitrogens with zero attached hydrogens (tertiary/aromatic N) is 3. The van der Waals surface area contributed by atoms with Gasteiger partial charge in [0.25, 0.3) is 17.5 Å². The van der Waals surface area contributed by atoms with Crippen molar-refractivity contribution in [2.45, 2.75) is 20.0 Å². The van der Waals surface area contributed by atoms with Crippen LogP contribution in [0.4, 0.5) is 11.4 Å². The molecule has 11 nitrogen and oxygen atoms in total. The molecule has 0 aliphatic rings. The van der Waals surface area contributed by atoms with Crippen LogP contribution in [0.2, 0.25) is 0 Å². The van der Waals surface area contributed by atoms with Crippen molar-refractivity contribution in [3.63, 3.8) is 0 Å². The lowest BCUT2D eigenvalue weighted by Gasteiger charge is -2.07. The van der Waals surface area contributed by atoms with Gasteiger partial charge in [0.2, 0.25) is 0 Å². The fourth-order valence-electron chi connectivity index (χ4n) is 2.70. The van der Waals surface area contributed by atoms with Crippen LogP contribution in [0.5, 0.6) is 5.75 Å². The van der Waals surface area contributed by atoms with Crippen molar-refractivity contribution in [3.8, 4) is 5.75 Å². The number of non-ortho nitro benzene ring substituents is 1. The summed E-state index contributed by atoms with van der Waals surface area (Å²) in [5, 5.41) is 20.1. The van der Waals surface area contributed by atoms with E-state index in [0.29, 0.717) is 18.1 Å². The summed E-state index contributed by atoms with van der Waals surface area (Å²) in [5.41, 5.74) is 0.457. The molecule has 3 rings (SSSR count). The fraction of sp³-hybridized carbons (Fsp3) is 0.250. The lowest BCUT2D eigenvalue weighted by atomic mass is 10.3. The number of nitro groups is 1. The Hall–Kier alpha value is -4.15. The van der Waals surface area contributed by atoms with Crippen molar-refractivity contribution in [1.29, 1.82) is 0 Å². The smallest absolute Gasteiger partial charge is 0.291 e. The minimum Gasteiger partial charge on any atom is -0.486 e. The number of rotatable bonds is 9. The molecule has 0 atom stereocenters. The van der Waals surface area contributed by atoms with Crippen molar-refractivity contribution < 1.29 is 23.7 Å². The molecular weight excluding hydrogens is 406 g/mol. The number of anilines is 1. The van der Waals surface area contributed by atoms with Gasteiger partial charge in [-0.15, -0.1) is 0 Å². The Bertz CT molecular complexity index is 1090. The Morgan fingerprint density at radius 3 is 2.61 bits per heavy atom. The first-order chi connectivity index (χ1) is 14.9. The molecule has 0 unspecified atom stereocenters. The van der Waals surface area contributed by atoms with Gasteiger partial charge in [0.1, 0.15) is 23.8 Å². The summed E-state index contributed by atoms with van der Waals surface area (Å²) in [6, 6.07) is 8.68. The van der Waals surface area contributed by atoms with E-state index in [1.165, 1.54) is 41.2 Å². The lowest BCUT2D eigenvalue weighted by Crippen LogP contribution is -2.27. The molecule has 11 heteroatoms. The number of nitro benzene ring substituents is 1. The monoisotopic (exact) mass is 427 g/mol. The van der Waals surface area contributed by atoms with Gasteiger partial charge < -0.3 is 19.8 Å². The number of ether oxygens (including phenoxy) is 1. The Balaban J connectivity index is 1.62. The molecule has 0 bridgehead atoms. The van der Waals surface area contributed by atoms with Gasteiger partial charge in [-0.2, -0.15) is 5.10 Å². The fourth-order valence-corrected chi connectivity index (χ4v) is 2.70. The van der Waals surface area contributed by atoms with Crippen molar-refractivity contribution in [2.75, 3.05) is 11.9 Å². The third kappa shape index (κ3) is 5.26. The maximum Gasteiger partial charge on any atom is 0.291 e. The Morgan fingerprint density at radius 2 is 1.94 bits per heavy atom. The topological polar surface area (TPSA) is 142 Å². The minimum atomic E-state index is -0.542. The second-order valence-corrected chi connectivity index (χ2v) is 6.55. The van der Waals surface area contributed by atoms with Crippen LogP contribution in [0.3, 0.4) is 0 Å². The van der Waals surface area contributed by atoms with Crippen molar-refractivity contribution in [3.05, 3.63) is 69.9 Å². The number of hydrogen-bond donors (Lipinski definition) is 2. The summed E-state index contributed by atoms with van der Waals surface area (Å²) in [6.07, 6.45) is 2.17. The molecule has 0 aliphatic carbocycles. The maximum absolute atomic E-state index is 12.5. The first-order valence-electron chi connectivity index (χ1n) is 9.46. The van der Waals surface area contributed by atoms with E-state index >= 15 is 0 Å². The standard InChI is InChI=1S/C20H21N5O6/c1-3-10-21-20(27)18-16(11-22-24(18)2)23-19(26)17-9-8-15(31-17)12-30-14-6-4-13(5-7-14)25(28)29/h4-9,11H,3,10,12H2,1-2H3,(H,21,27)(H,23,26). The molecular formula is C20H21N5O6. The summed E-state index contributed by atoms with van der Waals surface area (Å²) < 4.78 is 12.4. The van der Waals surface area contributed by atoms with E-state index < -0.39 is 10.8 Å². The Labute approximate surface area is 177 Å². The van der Waals surface area contributed by atoms with E-state index in [1.54, 1.807) is 13.1 Å². The highest BCUT2D eigenvalue weighted by Crippen LogP contribution is 2.20. The lowest BCUT2D eigenvalue weighted by molar-refractivity contribution is -0.384. The van der Waals surface area contributed by atoms with Crippen LogP contribution >= 0.6 is 0 Å². The number of amides is 2. The second-order valence-electron chi connectivity index (χ2n) is 6.55. The Kier molecular flexibility index (Phi) is 6.65. The molecule has 0 radical (unpaired) electrons. The molecule has 2 aromatic heterocycles. The molecule has 162 valence electrons. The molecule has 31 heavy (non-hydrogen) atoms. The van der Waals surface area contributed by atoms with E-state index in [1.807, 2.05) is 6.92 Å². The summed E-state index contributed by atoms with van der Waals surface area (Å²) in [4.78, 5) is 35.0. The summed E-state index contributed by atoms with van der Waals surface area (Å²) in [5.74, 6) is -0.0410. The van der Waals surface area contributed by atoms with Gasteiger partial charge in [-0.3, -0.25) is 24.4 Å². The highest BCUT2D eigenvalue weighted by molar-refractivity contribution is 6.07. The Morgan fingerprint density at radius 1 is 1.19 bits per heavy atom. The zero-order valence-corrected chi connectivity index (χ0v) is 17.0. The predicted molar refractivity (Wildman–Crippen MR) is 110 cm³/mol. The molecule has 2 heterocycles. The molecule has 2 amide bonds. The highest BCUT2D eigenvalue weighted by Gasteiger charge is 2.20. The van der Waals surface area contributed by atoms with Crippen LogP contribution in [0.15, 0.2) is 47.0 Å². The third-order valence-corrected chi connectivity index (χ3v) is 4.25. The van der Waals surface area contributed by atoms with Crippen LogP contribution in [0, 0.1) is 10.1 Å². The number of furan rings is 1. The zero-order chi connectivity index (χ0) is 22.4. The van der Waals surface area contributed by atoms with Crippen LogP contribution in [-0.2, 0) is 13.7 Å². The predicted octanol–water partition coefficient (Wildman–Crippen LogP) is 2.89. The molecule has 0 aliphatic heterocycles. The SMILES string of the molecule is CCCNC(=O)c1c(NC(=O)c2ccc(COc3ccc([N+](=O)[O-])cc3)o2)cnn1C. The van der Waals surface area contributed by atoms with E-state index in [-0.39, 0.29) is 35.3 Å². The van der Waals surface area contributed by atoms with Gasteiger partial charge in [-0.25, -0.2) is 0 Å². The quantitative estimate of drug-likeness (QED) is 0.395. The third-order valence-electron chi connectivity index (χ3n) is 4.25. The minimum absolute atomic E-state index is 0.0304. The number of carbonyl (C=O) groups is 2. The zero-order valence-electron chi connectivity index (χ0n) is 17.0. The van der Waals surface area contributed by atoms with E-state index in [9.17, 15) is 19.7 Å². The van der Waals surface area contributed by atoms with Gasteiger partial charge in [0.15, 0.2) is 5.76 Å². The largest absolute Gasteiger partial charge is 0.486 e. The normalized spacial score (nSPS) is 10.5. The van der Waals surface area contributed by atoms with Crippen molar-refractivity contribution in [1.82, 2.24) is 15.1 Å². The number of nitrogens with one attached hydrogen (secondary N) is 2. The molecule has 1 aromatic carbocycles. The molecule has 0 spiro atoms. The van der Waals surface area contributed by atoms with Crippen molar-refractivity contribution in [2.24, 2.45) is 7.05 Å². The van der Waals surface area contributed by atoms with E-state index in [4.69, 9.17) is 9.15 Å². The molecule has 2 N–H and O–H groups in total.